The molecule has 1 aromatic heterocycles. The first-order valence-corrected chi connectivity index (χ1v) is 5.15. The maximum Gasteiger partial charge on any atom is 0.152 e. The summed E-state index contributed by atoms with van der Waals surface area (Å²) in [5.41, 5.74) is 0.0745. The van der Waals surface area contributed by atoms with Crippen molar-refractivity contribution in [2.24, 2.45) is 0 Å². The van der Waals surface area contributed by atoms with Crippen molar-refractivity contribution in [3.05, 3.63) is 46.9 Å². The number of nitrogens with one attached hydrogen (secondary N) is 1. The molecule has 0 fully saturated rings. The van der Waals surface area contributed by atoms with Gasteiger partial charge in [-0.1, -0.05) is 17.7 Å². The molecule has 0 aliphatic heterocycles. The van der Waals surface area contributed by atoms with Crippen LogP contribution in [-0.4, -0.2) is 9.97 Å². The minimum Gasteiger partial charge on any atom is -0.334 e. The average Bonchev–Trinajstić information content (AvgIpc) is 2.30. The van der Waals surface area contributed by atoms with Crippen molar-refractivity contribution in [2.45, 2.75) is 6.92 Å². The van der Waals surface area contributed by atoms with Crippen LogP contribution in [0.2, 0.25) is 5.15 Å². The van der Waals surface area contributed by atoms with Crippen LogP contribution in [0.15, 0.2) is 24.5 Å². The van der Waals surface area contributed by atoms with E-state index in [4.69, 9.17) is 11.6 Å². The lowest BCUT2D eigenvalue weighted by Gasteiger charge is -2.09. The molecule has 17 heavy (non-hydrogen) atoms. The number of benzene rings is 1. The molecule has 1 N–H and O–H groups in total. The lowest BCUT2D eigenvalue weighted by molar-refractivity contribution is 0.584. The van der Waals surface area contributed by atoms with Crippen LogP contribution in [0.25, 0.3) is 0 Å². The van der Waals surface area contributed by atoms with Crippen LogP contribution in [0.3, 0.4) is 0 Å². The molecule has 3 nitrogen and oxygen atoms in total. The summed E-state index contributed by atoms with van der Waals surface area (Å²) in [6.45, 7) is 1.55. The molecular formula is C11H8ClF2N3. The van der Waals surface area contributed by atoms with Gasteiger partial charge in [0.25, 0.3) is 0 Å². The van der Waals surface area contributed by atoms with Gasteiger partial charge in [-0.15, -0.1) is 0 Å². The maximum absolute atomic E-state index is 13.7. The third-order valence-corrected chi connectivity index (χ3v) is 2.32. The number of anilines is 2. The van der Waals surface area contributed by atoms with Crippen LogP contribution in [0.4, 0.5) is 20.3 Å². The van der Waals surface area contributed by atoms with E-state index in [-0.39, 0.29) is 16.7 Å². The monoisotopic (exact) mass is 255 g/mol. The fourth-order valence-corrected chi connectivity index (χ4v) is 1.45. The van der Waals surface area contributed by atoms with Crippen molar-refractivity contribution in [2.75, 3.05) is 5.32 Å². The molecule has 1 heterocycles. The van der Waals surface area contributed by atoms with Crippen LogP contribution in [0.5, 0.6) is 0 Å². The first-order valence-electron chi connectivity index (χ1n) is 4.77. The Hall–Kier alpha value is -1.75. The molecule has 0 atom stereocenters. The van der Waals surface area contributed by atoms with Gasteiger partial charge in [0, 0.05) is 0 Å². The summed E-state index contributed by atoms with van der Waals surface area (Å²) in [4.78, 5) is 7.60. The van der Waals surface area contributed by atoms with Gasteiger partial charge in [-0.3, -0.25) is 4.98 Å². The van der Waals surface area contributed by atoms with Gasteiger partial charge in [0.05, 0.1) is 12.4 Å². The smallest absolute Gasteiger partial charge is 0.152 e. The Morgan fingerprint density at radius 1 is 1.24 bits per heavy atom. The Morgan fingerprint density at radius 3 is 2.71 bits per heavy atom. The number of aryl methyl sites for hydroxylation is 1. The Balaban J connectivity index is 2.39. The van der Waals surface area contributed by atoms with E-state index in [0.717, 1.165) is 0 Å². The van der Waals surface area contributed by atoms with E-state index in [0.29, 0.717) is 5.56 Å². The highest BCUT2D eigenvalue weighted by Gasteiger charge is 2.12. The van der Waals surface area contributed by atoms with Gasteiger partial charge in [0.1, 0.15) is 16.7 Å². The quantitative estimate of drug-likeness (QED) is 0.893. The summed E-state index contributed by atoms with van der Waals surface area (Å²) in [6.07, 6.45) is 2.66. The average molecular weight is 256 g/mol. The minimum absolute atomic E-state index is 0.142. The summed E-state index contributed by atoms with van der Waals surface area (Å²) < 4.78 is 27.1. The zero-order valence-corrected chi connectivity index (χ0v) is 9.59. The second-order valence-electron chi connectivity index (χ2n) is 3.41. The molecular weight excluding hydrogens is 248 g/mol. The molecule has 2 rings (SSSR count). The molecule has 88 valence electrons. The van der Waals surface area contributed by atoms with Gasteiger partial charge in [-0.2, -0.15) is 0 Å². The predicted octanol–water partition coefficient (Wildman–Crippen LogP) is 3.46. The van der Waals surface area contributed by atoms with E-state index in [9.17, 15) is 8.78 Å². The fourth-order valence-electron chi connectivity index (χ4n) is 1.30. The highest BCUT2D eigenvalue weighted by Crippen LogP contribution is 2.24. The lowest BCUT2D eigenvalue weighted by atomic mass is 10.2. The SMILES string of the molecule is Cc1ccc(F)c(Nc2cncc(Cl)n2)c1F. The minimum atomic E-state index is -0.699. The van der Waals surface area contributed by atoms with Crippen molar-refractivity contribution >= 4 is 23.1 Å². The number of nitrogens with zero attached hydrogens (tertiary/aromatic N) is 2. The molecule has 0 aliphatic carbocycles. The number of hydrogen-bond acceptors (Lipinski definition) is 3. The van der Waals surface area contributed by atoms with Crippen LogP contribution < -0.4 is 5.32 Å². The number of aromatic nitrogens is 2. The number of hydrogen-bond donors (Lipinski definition) is 1. The normalized spacial score (nSPS) is 10.4. The van der Waals surface area contributed by atoms with Crippen molar-refractivity contribution < 1.29 is 8.78 Å². The first-order chi connectivity index (χ1) is 8.08. The van der Waals surface area contributed by atoms with Crippen LogP contribution >= 0.6 is 11.6 Å². The predicted molar refractivity (Wildman–Crippen MR) is 61.4 cm³/mol. The molecule has 0 spiro atoms. The first kappa shape index (κ1) is 11.7. The molecule has 0 amide bonds. The molecule has 6 heteroatoms. The van der Waals surface area contributed by atoms with Gasteiger partial charge in [-0.25, -0.2) is 13.8 Å². The maximum atomic E-state index is 13.7. The third kappa shape index (κ3) is 2.50. The molecule has 0 bridgehead atoms. The standard InChI is InChI=1S/C11H8ClF2N3/c1-6-2-3-7(13)11(10(6)14)17-9-5-15-4-8(12)16-9/h2-5H,1H3,(H,16,17). The van der Waals surface area contributed by atoms with Gasteiger partial charge in [0.15, 0.2) is 11.6 Å². The zero-order valence-electron chi connectivity index (χ0n) is 8.84. The van der Waals surface area contributed by atoms with Crippen molar-refractivity contribution in [1.82, 2.24) is 9.97 Å². The van der Waals surface area contributed by atoms with E-state index >= 15 is 0 Å². The number of rotatable bonds is 2. The van der Waals surface area contributed by atoms with E-state index in [2.05, 4.69) is 15.3 Å². The highest BCUT2D eigenvalue weighted by molar-refractivity contribution is 6.29. The number of halogens is 3. The van der Waals surface area contributed by atoms with E-state index in [1.807, 2.05) is 0 Å². The second kappa shape index (κ2) is 4.63. The summed E-state index contributed by atoms with van der Waals surface area (Å²) in [5, 5.41) is 2.66. The summed E-state index contributed by atoms with van der Waals surface area (Å²) in [7, 11) is 0. The van der Waals surface area contributed by atoms with Crippen LogP contribution in [0, 0.1) is 18.6 Å². The lowest BCUT2D eigenvalue weighted by Crippen LogP contribution is -2.01. The summed E-state index contributed by atoms with van der Waals surface area (Å²) in [5.74, 6) is -1.18. The van der Waals surface area contributed by atoms with Gasteiger partial charge < -0.3 is 5.32 Å². The molecule has 2 aromatic rings. The Bertz CT molecular complexity index is 560. The van der Waals surface area contributed by atoms with Crippen LogP contribution in [-0.2, 0) is 0 Å². The van der Waals surface area contributed by atoms with E-state index in [1.54, 1.807) is 6.92 Å². The second-order valence-corrected chi connectivity index (χ2v) is 3.79. The summed E-state index contributed by atoms with van der Waals surface area (Å²) in [6, 6.07) is 2.54. The Kier molecular flexibility index (Phi) is 3.19. The Labute approximate surface area is 101 Å². The zero-order chi connectivity index (χ0) is 12.4. The van der Waals surface area contributed by atoms with E-state index < -0.39 is 11.6 Å². The third-order valence-electron chi connectivity index (χ3n) is 2.14. The Morgan fingerprint density at radius 2 is 2.00 bits per heavy atom. The van der Waals surface area contributed by atoms with Crippen molar-refractivity contribution in [1.29, 1.82) is 0 Å². The molecule has 0 saturated carbocycles. The molecule has 1 aromatic carbocycles. The topological polar surface area (TPSA) is 37.8 Å². The molecule has 0 aliphatic rings. The van der Waals surface area contributed by atoms with Gasteiger partial charge in [-0.05, 0) is 18.6 Å². The highest BCUT2D eigenvalue weighted by atomic mass is 35.5. The van der Waals surface area contributed by atoms with Crippen molar-refractivity contribution in [3.63, 3.8) is 0 Å². The van der Waals surface area contributed by atoms with Gasteiger partial charge >= 0.3 is 0 Å². The van der Waals surface area contributed by atoms with Crippen LogP contribution in [0.1, 0.15) is 5.56 Å². The van der Waals surface area contributed by atoms with E-state index in [1.165, 1.54) is 24.5 Å². The van der Waals surface area contributed by atoms with Gasteiger partial charge in [0.2, 0.25) is 0 Å². The largest absolute Gasteiger partial charge is 0.334 e. The summed E-state index contributed by atoms with van der Waals surface area (Å²) >= 11 is 5.62. The molecule has 0 unspecified atom stereocenters. The fraction of sp³-hybridized carbons (Fsp3) is 0.0909. The van der Waals surface area contributed by atoms with Crippen molar-refractivity contribution in [3.8, 4) is 0 Å². The molecule has 0 saturated heterocycles. The molecule has 0 radical (unpaired) electrons.